The standard InChI is InChI=1S/C28H22FN3/c1-3-11-20(12-4-2)23-17-24(19-25(29)18-23)28-31-26(21-13-7-5-8-14-21)30-27(32-28)22-15-9-6-10-16-22/h3-19H,1H2,2H3/b12-4-,20-11+. The smallest absolute Gasteiger partial charge is 0.164 e. The predicted molar refractivity (Wildman–Crippen MR) is 129 cm³/mol. The lowest BCUT2D eigenvalue weighted by molar-refractivity contribution is 0.627. The van der Waals surface area contributed by atoms with Crippen LogP contribution in [0, 0.1) is 5.82 Å². The number of nitrogens with zero attached hydrogens (tertiary/aromatic N) is 3. The Morgan fingerprint density at radius 1 is 0.750 bits per heavy atom. The maximum absolute atomic E-state index is 14.7. The van der Waals surface area contributed by atoms with Gasteiger partial charge in [0, 0.05) is 16.7 Å². The molecule has 0 saturated carbocycles. The maximum Gasteiger partial charge on any atom is 0.164 e. The molecule has 0 N–H and O–H groups in total. The van der Waals surface area contributed by atoms with Gasteiger partial charge in [-0.2, -0.15) is 0 Å². The molecular formula is C28H22FN3. The van der Waals surface area contributed by atoms with Crippen LogP contribution in [0.3, 0.4) is 0 Å². The number of rotatable bonds is 6. The highest BCUT2D eigenvalue weighted by molar-refractivity contribution is 5.78. The molecule has 0 atom stereocenters. The average molecular weight is 420 g/mol. The highest BCUT2D eigenvalue weighted by Gasteiger charge is 2.14. The van der Waals surface area contributed by atoms with Gasteiger partial charge in [0.15, 0.2) is 17.5 Å². The highest BCUT2D eigenvalue weighted by atomic mass is 19.1. The van der Waals surface area contributed by atoms with Gasteiger partial charge in [-0.15, -0.1) is 0 Å². The molecule has 0 bridgehead atoms. The molecule has 0 aliphatic rings. The first-order valence-electron chi connectivity index (χ1n) is 10.3. The minimum Gasteiger partial charge on any atom is -0.208 e. The minimum absolute atomic E-state index is 0.361. The van der Waals surface area contributed by atoms with Gasteiger partial charge >= 0.3 is 0 Å². The highest BCUT2D eigenvalue weighted by Crippen LogP contribution is 2.28. The van der Waals surface area contributed by atoms with Crippen LogP contribution in [-0.2, 0) is 0 Å². The van der Waals surface area contributed by atoms with Crippen molar-refractivity contribution in [2.45, 2.75) is 6.92 Å². The lowest BCUT2D eigenvalue weighted by Gasteiger charge is -2.10. The summed E-state index contributed by atoms with van der Waals surface area (Å²) in [6.07, 6.45) is 7.35. The molecule has 0 aliphatic heterocycles. The number of benzene rings is 3. The largest absolute Gasteiger partial charge is 0.208 e. The van der Waals surface area contributed by atoms with Crippen LogP contribution in [0.1, 0.15) is 12.5 Å². The Morgan fingerprint density at radius 2 is 1.28 bits per heavy atom. The zero-order valence-electron chi connectivity index (χ0n) is 17.7. The first-order chi connectivity index (χ1) is 15.7. The normalized spacial score (nSPS) is 11.6. The second kappa shape index (κ2) is 9.75. The minimum atomic E-state index is -0.361. The van der Waals surface area contributed by atoms with E-state index < -0.39 is 0 Å². The topological polar surface area (TPSA) is 38.7 Å². The van der Waals surface area contributed by atoms with E-state index in [1.807, 2.05) is 91.9 Å². The molecule has 0 saturated heterocycles. The van der Waals surface area contributed by atoms with Crippen molar-refractivity contribution in [2.75, 3.05) is 0 Å². The number of allylic oxidation sites excluding steroid dienone is 5. The predicted octanol–water partition coefficient (Wildman–Crippen LogP) is 7.16. The fraction of sp³-hybridized carbons (Fsp3) is 0.0357. The summed E-state index contributed by atoms with van der Waals surface area (Å²) in [4.78, 5) is 14.1. The molecule has 1 aromatic heterocycles. The number of aromatic nitrogens is 3. The molecule has 0 amide bonds. The van der Waals surface area contributed by atoms with Gasteiger partial charge in [0.1, 0.15) is 5.82 Å². The van der Waals surface area contributed by atoms with Crippen molar-refractivity contribution in [3.63, 3.8) is 0 Å². The van der Waals surface area contributed by atoms with Gasteiger partial charge in [0.2, 0.25) is 0 Å². The van der Waals surface area contributed by atoms with Crippen LogP contribution in [-0.4, -0.2) is 15.0 Å². The summed E-state index contributed by atoms with van der Waals surface area (Å²) in [5, 5.41) is 0. The molecule has 3 nitrogen and oxygen atoms in total. The Hall–Kier alpha value is -4.18. The quantitative estimate of drug-likeness (QED) is 0.311. The summed E-state index contributed by atoms with van der Waals surface area (Å²) in [6.45, 7) is 5.68. The first-order valence-corrected chi connectivity index (χ1v) is 10.3. The molecule has 156 valence electrons. The van der Waals surface area contributed by atoms with Gasteiger partial charge < -0.3 is 0 Å². The van der Waals surface area contributed by atoms with Gasteiger partial charge in [0.25, 0.3) is 0 Å². The Morgan fingerprint density at radius 3 is 1.78 bits per heavy atom. The Labute approximate surface area is 187 Å². The Balaban J connectivity index is 1.92. The summed E-state index contributed by atoms with van der Waals surface area (Å²) in [6, 6.07) is 24.2. The summed E-state index contributed by atoms with van der Waals surface area (Å²) < 4.78 is 14.7. The molecule has 4 rings (SSSR count). The van der Waals surface area contributed by atoms with Crippen molar-refractivity contribution in [3.8, 4) is 34.2 Å². The van der Waals surface area contributed by atoms with Crippen LogP contribution < -0.4 is 0 Å². The zero-order chi connectivity index (χ0) is 22.3. The Bertz CT molecular complexity index is 1240. The molecule has 0 radical (unpaired) electrons. The van der Waals surface area contributed by atoms with E-state index in [1.54, 1.807) is 6.08 Å². The monoisotopic (exact) mass is 419 g/mol. The lowest BCUT2D eigenvalue weighted by Crippen LogP contribution is -2.00. The van der Waals surface area contributed by atoms with E-state index in [2.05, 4.69) is 21.5 Å². The van der Waals surface area contributed by atoms with Gasteiger partial charge in [-0.3, -0.25) is 0 Å². The van der Waals surface area contributed by atoms with Crippen LogP contribution in [0.2, 0.25) is 0 Å². The van der Waals surface area contributed by atoms with Crippen molar-refractivity contribution in [1.29, 1.82) is 0 Å². The SMILES string of the molecule is C=C/C=C(\C=C/C)c1cc(F)cc(-c2nc(-c3ccccc3)nc(-c3ccccc3)n2)c1. The number of hydrogen-bond acceptors (Lipinski definition) is 3. The third-order valence-electron chi connectivity index (χ3n) is 4.83. The molecule has 4 aromatic rings. The van der Waals surface area contributed by atoms with E-state index in [-0.39, 0.29) is 5.82 Å². The second-order valence-electron chi connectivity index (χ2n) is 7.12. The summed E-state index contributed by atoms with van der Waals surface area (Å²) >= 11 is 0. The molecule has 32 heavy (non-hydrogen) atoms. The van der Waals surface area contributed by atoms with E-state index in [0.717, 1.165) is 22.3 Å². The summed E-state index contributed by atoms with van der Waals surface area (Å²) in [7, 11) is 0. The molecule has 0 unspecified atom stereocenters. The zero-order valence-corrected chi connectivity index (χ0v) is 17.7. The van der Waals surface area contributed by atoms with E-state index >= 15 is 0 Å². The summed E-state index contributed by atoms with van der Waals surface area (Å²) in [5.74, 6) is 1.13. The molecule has 4 heteroatoms. The molecule has 3 aromatic carbocycles. The van der Waals surface area contributed by atoms with Gasteiger partial charge in [-0.1, -0.05) is 91.5 Å². The third kappa shape index (κ3) is 4.76. The van der Waals surface area contributed by atoms with Crippen LogP contribution in [0.5, 0.6) is 0 Å². The van der Waals surface area contributed by atoms with Gasteiger partial charge in [0.05, 0.1) is 0 Å². The fourth-order valence-corrected chi connectivity index (χ4v) is 3.38. The molecule has 0 aliphatic carbocycles. The van der Waals surface area contributed by atoms with E-state index in [4.69, 9.17) is 0 Å². The van der Waals surface area contributed by atoms with Crippen molar-refractivity contribution in [1.82, 2.24) is 15.0 Å². The third-order valence-corrected chi connectivity index (χ3v) is 4.83. The average Bonchev–Trinajstić information content (AvgIpc) is 2.84. The molecule has 1 heterocycles. The molecule has 0 spiro atoms. The van der Waals surface area contributed by atoms with Crippen molar-refractivity contribution in [3.05, 3.63) is 121 Å². The van der Waals surface area contributed by atoms with Crippen molar-refractivity contribution in [2.24, 2.45) is 0 Å². The van der Waals surface area contributed by atoms with Gasteiger partial charge in [-0.05, 0) is 36.3 Å². The fourth-order valence-electron chi connectivity index (χ4n) is 3.38. The second-order valence-corrected chi connectivity index (χ2v) is 7.12. The number of halogens is 1. The van der Waals surface area contributed by atoms with E-state index in [0.29, 0.717) is 23.0 Å². The van der Waals surface area contributed by atoms with Crippen molar-refractivity contribution < 1.29 is 4.39 Å². The van der Waals surface area contributed by atoms with Crippen molar-refractivity contribution >= 4 is 5.57 Å². The van der Waals surface area contributed by atoms with E-state index in [1.165, 1.54) is 12.1 Å². The summed E-state index contributed by atoms with van der Waals surface area (Å²) in [5.41, 5.74) is 3.89. The van der Waals surface area contributed by atoms with Crippen LogP contribution in [0.4, 0.5) is 4.39 Å². The number of hydrogen-bond donors (Lipinski definition) is 0. The molecular weight excluding hydrogens is 397 g/mol. The molecule has 0 fully saturated rings. The first kappa shape index (κ1) is 21.1. The van der Waals surface area contributed by atoms with Crippen LogP contribution in [0.25, 0.3) is 39.7 Å². The lowest BCUT2D eigenvalue weighted by atomic mass is 10.0. The maximum atomic E-state index is 14.7. The van der Waals surface area contributed by atoms with Crippen LogP contribution in [0.15, 0.2) is 110 Å². The van der Waals surface area contributed by atoms with Gasteiger partial charge in [-0.25, -0.2) is 19.3 Å². The van der Waals surface area contributed by atoms with E-state index in [9.17, 15) is 4.39 Å². The van der Waals surface area contributed by atoms with Crippen LogP contribution >= 0.6 is 0 Å². The Kier molecular flexibility index (Phi) is 6.42.